The van der Waals surface area contributed by atoms with E-state index in [1.165, 1.54) is 0 Å². The molecule has 0 aliphatic carbocycles. The molecule has 1 aliphatic rings. The van der Waals surface area contributed by atoms with Crippen molar-refractivity contribution in [1.82, 2.24) is 4.98 Å². The number of hydrogen-bond donors (Lipinski definition) is 1. The number of ether oxygens (including phenoxy) is 2. The van der Waals surface area contributed by atoms with Crippen molar-refractivity contribution < 1.29 is 14.6 Å². The molecule has 94 valence electrons. The highest BCUT2D eigenvalue weighted by Crippen LogP contribution is 2.29. The Morgan fingerprint density at radius 3 is 2.65 bits per heavy atom. The first-order valence-electron chi connectivity index (χ1n) is 5.97. The van der Waals surface area contributed by atoms with Crippen LogP contribution in [0.5, 0.6) is 0 Å². The molecule has 1 aromatic heterocycles. The summed E-state index contributed by atoms with van der Waals surface area (Å²) >= 11 is 0. The SMILES string of the molecule is COC1(C(O)Cc2ccncc2)CCOCC1. The lowest BCUT2D eigenvalue weighted by atomic mass is 9.85. The van der Waals surface area contributed by atoms with Gasteiger partial charge in [-0.25, -0.2) is 0 Å². The van der Waals surface area contributed by atoms with E-state index in [0.29, 0.717) is 19.6 Å². The van der Waals surface area contributed by atoms with Crippen molar-refractivity contribution >= 4 is 0 Å². The minimum atomic E-state index is -0.501. The Labute approximate surface area is 102 Å². The normalized spacial score (nSPS) is 21.1. The lowest BCUT2D eigenvalue weighted by Gasteiger charge is -2.39. The van der Waals surface area contributed by atoms with Gasteiger partial charge in [-0.2, -0.15) is 0 Å². The van der Waals surface area contributed by atoms with Crippen LogP contribution in [0.4, 0.5) is 0 Å². The molecule has 1 fully saturated rings. The summed E-state index contributed by atoms with van der Waals surface area (Å²) in [7, 11) is 1.67. The third kappa shape index (κ3) is 2.83. The summed E-state index contributed by atoms with van der Waals surface area (Å²) in [6.45, 7) is 1.31. The van der Waals surface area contributed by atoms with Crippen molar-refractivity contribution in [3.8, 4) is 0 Å². The molecule has 0 spiro atoms. The molecule has 1 unspecified atom stereocenters. The van der Waals surface area contributed by atoms with E-state index in [2.05, 4.69) is 4.98 Å². The van der Waals surface area contributed by atoms with Gasteiger partial charge in [-0.15, -0.1) is 0 Å². The molecule has 1 saturated heterocycles. The predicted molar refractivity (Wildman–Crippen MR) is 63.7 cm³/mol. The zero-order chi connectivity index (χ0) is 12.1. The van der Waals surface area contributed by atoms with E-state index in [-0.39, 0.29) is 0 Å². The zero-order valence-corrected chi connectivity index (χ0v) is 10.1. The quantitative estimate of drug-likeness (QED) is 0.854. The maximum atomic E-state index is 10.4. The van der Waals surface area contributed by atoms with E-state index >= 15 is 0 Å². The summed E-state index contributed by atoms with van der Waals surface area (Å²) in [5, 5.41) is 10.4. The first-order chi connectivity index (χ1) is 8.27. The standard InChI is InChI=1S/C13H19NO3/c1-16-13(4-8-17-9-5-13)12(15)10-11-2-6-14-7-3-11/h2-3,6-7,12,15H,4-5,8-10H2,1H3. The maximum absolute atomic E-state index is 10.4. The topological polar surface area (TPSA) is 51.6 Å². The van der Waals surface area contributed by atoms with Crippen LogP contribution in [-0.2, 0) is 15.9 Å². The molecule has 4 nitrogen and oxygen atoms in total. The Kier molecular flexibility index (Phi) is 4.10. The highest BCUT2D eigenvalue weighted by atomic mass is 16.5. The molecule has 0 aromatic carbocycles. The predicted octanol–water partition coefficient (Wildman–Crippen LogP) is 1.18. The smallest absolute Gasteiger partial charge is 0.0983 e. The fourth-order valence-corrected chi connectivity index (χ4v) is 2.32. The van der Waals surface area contributed by atoms with Gasteiger partial charge in [-0.1, -0.05) is 0 Å². The van der Waals surface area contributed by atoms with Crippen molar-refractivity contribution in [2.24, 2.45) is 0 Å². The van der Waals surface area contributed by atoms with Gasteiger partial charge in [0, 0.05) is 52.0 Å². The largest absolute Gasteiger partial charge is 0.390 e. The summed E-state index contributed by atoms with van der Waals surface area (Å²) in [6, 6.07) is 3.85. The third-order valence-electron chi connectivity index (χ3n) is 3.53. The third-order valence-corrected chi connectivity index (χ3v) is 3.53. The molecule has 0 amide bonds. The van der Waals surface area contributed by atoms with E-state index < -0.39 is 11.7 Å². The average molecular weight is 237 g/mol. The van der Waals surface area contributed by atoms with Gasteiger partial charge >= 0.3 is 0 Å². The molecule has 0 saturated carbocycles. The number of pyridine rings is 1. The lowest BCUT2D eigenvalue weighted by molar-refractivity contribution is -0.151. The summed E-state index contributed by atoms with van der Waals surface area (Å²) in [4.78, 5) is 3.97. The van der Waals surface area contributed by atoms with Gasteiger partial charge in [0.25, 0.3) is 0 Å². The molecule has 2 rings (SSSR count). The monoisotopic (exact) mass is 237 g/mol. The molecular weight excluding hydrogens is 218 g/mol. The van der Waals surface area contributed by atoms with Gasteiger partial charge in [0.05, 0.1) is 11.7 Å². The van der Waals surface area contributed by atoms with Crippen LogP contribution in [0.3, 0.4) is 0 Å². The maximum Gasteiger partial charge on any atom is 0.0983 e. The van der Waals surface area contributed by atoms with Crippen molar-refractivity contribution in [3.05, 3.63) is 30.1 Å². The summed E-state index contributed by atoms with van der Waals surface area (Å²) in [5.74, 6) is 0. The van der Waals surface area contributed by atoms with Crippen LogP contribution in [0.2, 0.25) is 0 Å². The highest BCUT2D eigenvalue weighted by Gasteiger charge is 2.39. The van der Waals surface area contributed by atoms with Gasteiger partial charge in [0.15, 0.2) is 0 Å². The van der Waals surface area contributed by atoms with Crippen LogP contribution in [0, 0.1) is 0 Å². The summed E-state index contributed by atoms with van der Waals surface area (Å²) < 4.78 is 10.9. The number of hydrogen-bond acceptors (Lipinski definition) is 4. The minimum Gasteiger partial charge on any atom is -0.390 e. The zero-order valence-electron chi connectivity index (χ0n) is 10.1. The van der Waals surface area contributed by atoms with Crippen molar-refractivity contribution in [1.29, 1.82) is 0 Å². The number of rotatable bonds is 4. The summed E-state index contributed by atoms with van der Waals surface area (Å²) in [6.07, 6.45) is 5.07. The molecular formula is C13H19NO3. The van der Waals surface area contributed by atoms with Crippen LogP contribution in [0.15, 0.2) is 24.5 Å². The summed E-state index contributed by atoms with van der Waals surface area (Å²) in [5.41, 5.74) is 0.622. The minimum absolute atomic E-state index is 0.457. The van der Waals surface area contributed by atoms with E-state index in [1.807, 2.05) is 12.1 Å². The number of methoxy groups -OCH3 is 1. The number of nitrogens with zero attached hydrogens (tertiary/aromatic N) is 1. The second-order valence-electron chi connectivity index (χ2n) is 4.46. The molecule has 1 N–H and O–H groups in total. The Bertz CT molecular complexity index is 336. The number of aliphatic hydroxyl groups is 1. The van der Waals surface area contributed by atoms with Crippen molar-refractivity contribution in [2.75, 3.05) is 20.3 Å². The number of aromatic nitrogens is 1. The molecule has 1 aliphatic heterocycles. The van der Waals surface area contributed by atoms with Gasteiger partial charge in [-0.05, 0) is 17.7 Å². The Morgan fingerprint density at radius 2 is 2.06 bits per heavy atom. The second-order valence-corrected chi connectivity index (χ2v) is 4.46. The first-order valence-corrected chi connectivity index (χ1v) is 5.97. The van der Waals surface area contributed by atoms with Crippen LogP contribution in [0.1, 0.15) is 18.4 Å². The molecule has 4 heteroatoms. The molecule has 1 aromatic rings. The van der Waals surface area contributed by atoms with Gasteiger partial charge in [0.2, 0.25) is 0 Å². The van der Waals surface area contributed by atoms with Gasteiger partial charge < -0.3 is 14.6 Å². The van der Waals surface area contributed by atoms with Gasteiger partial charge in [0.1, 0.15) is 0 Å². The molecule has 17 heavy (non-hydrogen) atoms. The van der Waals surface area contributed by atoms with E-state index in [9.17, 15) is 5.11 Å². The Balaban J connectivity index is 2.04. The van der Waals surface area contributed by atoms with E-state index in [0.717, 1.165) is 18.4 Å². The first kappa shape index (κ1) is 12.5. The van der Waals surface area contributed by atoms with Crippen LogP contribution >= 0.6 is 0 Å². The van der Waals surface area contributed by atoms with Gasteiger partial charge in [-0.3, -0.25) is 4.98 Å². The highest BCUT2D eigenvalue weighted by molar-refractivity contribution is 5.12. The van der Waals surface area contributed by atoms with E-state index in [4.69, 9.17) is 9.47 Å². The Morgan fingerprint density at radius 1 is 1.41 bits per heavy atom. The average Bonchev–Trinajstić information content (AvgIpc) is 2.40. The van der Waals surface area contributed by atoms with Crippen LogP contribution < -0.4 is 0 Å². The molecule has 1 atom stereocenters. The molecule has 0 bridgehead atoms. The van der Waals surface area contributed by atoms with Crippen molar-refractivity contribution in [2.45, 2.75) is 31.0 Å². The second kappa shape index (κ2) is 5.58. The molecule has 0 radical (unpaired) electrons. The van der Waals surface area contributed by atoms with Crippen LogP contribution in [0.25, 0.3) is 0 Å². The van der Waals surface area contributed by atoms with Crippen molar-refractivity contribution in [3.63, 3.8) is 0 Å². The molecule has 2 heterocycles. The lowest BCUT2D eigenvalue weighted by Crippen LogP contribution is -2.49. The number of aliphatic hydroxyl groups excluding tert-OH is 1. The van der Waals surface area contributed by atoms with Crippen LogP contribution in [-0.4, -0.2) is 42.1 Å². The fraction of sp³-hybridized carbons (Fsp3) is 0.615. The fourth-order valence-electron chi connectivity index (χ4n) is 2.32. The Hall–Kier alpha value is -0.970. The van der Waals surface area contributed by atoms with E-state index in [1.54, 1.807) is 19.5 Å².